The average Bonchev–Trinajstić information content (AvgIpc) is 2.46. The lowest BCUT2D eigenvalue weighted by Gasteiger charge is -2.00. The molecule has 0 fully saturated rings. The van der Waals surface area contributed by atoms with E-state index in [1.807, 2.05) is 0 Å². The summed E-state index contributed by atoms with van der Waals surface area (Å²) in [7, 11) is 0. The summed E-state index contributed by atoms with van der Waals surface area (Å²) in [5.74, 6) is 0. The number of rotatable bonds is 4. The molecule has 0 unspecified atom stereocenters. The maximum absolute atomic E-state index is 10.9. The number of nitrogens with zero attached hydrogens (tertiary/aromatic N) is 4. The van der Waals surface area contributed by atoms with Crippen molar-refractivity contribution in [3.63, 3.8) is 0 Å². The molecule has 0 atom stereocenters. The number of nitrogen functional groups attached to an aromatic ring is 1. The molecule has 0 saturated carbocycles. The van der Waals surface area contributed by atoms with Gasteiger partial charge in [-0.25, -0.2) is 0 Å². The molecule has 0 saturated heterocycles. The second-order valence-electron chi connectivity index (χ2n) is 3.95. The summed E-state index contributed by atoms with van der Waals surface area (Å²) in [5, 5.41) is 29.3. The minimum absolute atomic E-state index is 0.00356. The van der Waals surface area contributed by atoms with Gasteiger partial charge in [0.25, 0.3) is 0 Å². The standard InChI is InChI=1S/C12H9N5O4/c13-9-6-11(16(18)19)12(17(20)21)7-10(9)15-14-8-4-2-1-3-5-8/h1-7H,13H2. The minimum atomic E-state index is -0.868. The molecule has 0 aromatic heterocycles. The van der Waals surface area contributed by atoms with Gasteiger partial charge in [-0.1, -0.05) is 18.2 Å². The SMILES string of the molecule is Nc1cc([N+](=O)[O-])c([N+](=O)[O-])cc1N=Nc1ccccc1. The van der Waals surface area contributed by atoms with Crippen molar-refractivity contribution in [3.05, 3.63) is 62.7 Å². The van der Waals surface area contributed by atoms with E-state index >= 15 is 0 Å². The first-order chi connectivity index (χ1) is 9.99. The highest BCUT2D eigenvalue weighted by molar-refractivity contribution is 5.73. The topological polar surface area (TPSA) is 137 Å². The molecule has 2 N–H and O–H groups in total. The molecule has 2 rings (SSSR count). The van der Waals surface area contributed by atoms with Crippen LogP contribution in [0.1, 0.15) is 0 Å². The van der Waals surface area contributed by atoms with Crippen LogP contribution in [0.3, 0.4) is 0 Å². The van der Waals surface area contributed by atoms with Gasteiger partial charge < -0.3 is 5.73 Å². The molecule has 0 aliphatic heterocycles. The van der Waals surface area contributed by atoms with E-state index in [0.717, 1.165) is 12.1 Å². The smallest absolute Gasteiger partial charge is 0.348 e. The third-order valence-electron chi connectivity index (χ3n) is 2.55. The number of azo groups is 1. The van der Waals surface area contributed by atoms with E-state index in [1.54, 1.807) is 30.3 Å². The van der Waals surface area contributed by atoms with Crippen LogP contribution in [0.2, 0.25) is 0 Å². The predicted molar refractivity (Wildman–Crippen MR) is 74.8 cm³/mol. The fourth-order valence-electron chi connectivity index (χ4n) is 1.57. The van der Waals surface area contributed by atoms with Gasteiger partial charge in [0.2, 0.25) is 0 Å². The van der Waals surface area contributed by atoms with Crippen LogP contribution in [0, 0.1) is 20.2 Å². The maximum Gasteiger partial charge on any atom is 0.348 e. The van der Waals surface area contributed by atoms with Crippen molar-refractivity contribution in [1.82, 2.24) is 0 Å². The molecule has 21 heavy (non-hydrogen) atoms. The highest BCUT2D eigenvalue weighted by Gasteiger charge is 2.26. The van der Waals surface area contributed by atoms with Gasteiger partial charge >= 0.3 is 11.4 Å². The van der Waals surface area contributed by atoms with Crippen LogP contribution in [0.4, 0.5) is 28.4 Å². The van der Waals surface area contributed by atoms with Crippen molar-refractivity contribution < 1.29 is 9.85 Å². The lowest BCUT2D eigenvalue weighted by Crippen LogP contribution is -1.98. The van der Waals surface area contributed by atoms with Crippen LogP contribution in [0.5, 0.6) is 0 Å². The predicted octanol–water partition coefficient (Wildman–Crippen LogP) is 3.50. The minimum Gasteiger partial charge on any atom is -0.397 e. The first-order valence-corrected chi connectivity index (χ1v) is 5.68. The Bertz CT molecular complexity index is 730. The van der Waals surface area contributed by atoms with Crippen LogP contribution < -0.4 is 5.73 Å². The Hall–Kier alpha value is -3.36. The van der Waals surface area contributed by atoms with Crippen molar-refractivity contribution in [2.45, 2.75) is 0 Å². The molecule has 9 heteroatoms. The highest BCUT2D eigenvalue weighted by atomic mass is 16.6. The molecule has 0 radical (unpaired) electrons. The summed E-state index contributed by atoms with van der Waals surface area (Å²) in [6.45, 7) is 0. The molecular weight excluding hydrogens is 278 g/mol. The zero-order chi connectivity index (χ0) is 15.4. The van der Waals surface area contributed by atoms with Crippen molar-refractivity contribution >= 4 is 28.4 Å². The lowest BCUT2D eigenvalue weighted by molar-refractivity contribution is -0.422. The van der Waals surface area contributed by atoms with Gasteiger partial charge in [0.15, 0.2) is 0 Å². The lowest BCUT2D eigenvalue weighted by atomic mass is 10.2. The Morgan fingerprint density at radius 2 is 1.48 bits per heavy atom. The Kier molecular flexibility index (Phi) is 3.84. The first-order valence-electron chi connectivity index (χ1n) is 5.68. The van der Waals surface area contributed by atoms with Gasteiger partial charge in [-0.2, -0.15) is 5.11 Å². The average molecular weight is 287 g/mol. The molecule has 0 aliphatic carbocycles. The van der Waals surface area contributed by atoms with Crippen molar-refractivity contribution in [1.29, 1.82) is 0 Å². The van der Waals surface area contributed by atoms with Gasteiger partial charge in [0.1, 0.15) is 5.69 Å². The van der Waals surface area contributed by atoms with E-state index < -0.39 is 21.2 Å². The van der Waals surface area contributed by atoms with Gasteiger partial charge in [-0.05, 0) is 12.1 Å². The van der Waals surface area contributed by atoms with Crippen molar-refractivity contribution in [3.8, 4) is 0 Å². The van der Waals surface area contributed by atoms with E-state index in [-0.39, 0.29) is 11.4 Å². The number of nitrogens with two attached hydrogens (primary N) is 1. The third kappa shape index (κ3) is 3.15. The van der Waals surface area contributed by atoms with Gasteiger partial charge in [0.05, 0.1) is 27.3 Å². The number of hydrogen-bond acceptors (Lipinski definition) is 7. The number of hydrogen-bond donors (Lipinski definition) is 1. The Morgan fingerprint density at radius 1 is 0.905 bits per heavy atom. The summed E-state index contributed by atoms with van der Waals surface area (Å²) in [4.78, 5) is 19.9. The van der Waals surface area contributed by atoms with Crippen LogP contribution in [-0.4, -0.2) is 9.85 Å². The molecule has 106 valence electrons. The molecule has 0 spiro atoms. The first kappa shape index (κ1) is 14.1. The second-order valence-corrected chi connectivity index (χ2v) is 3.95. The van der Waals surface area contributed by atoms with Crippen LogP contribution in [0.15, 0.2) is 52.7 Å². The summed E-state index contributed by atoms with van der Waals surface area (Å²) < 4.78 is 0. The fourth-order valence-corrected chi connectivity index (χ4v) is 1.57. The van der Waals surface area contributed by atoms with Gasteiger partial charge in [0, 0.05) is 6.07 Å². The molecule has 9 nitrogen and oxygen atoms in total. The fraction of sp³-hybridized carbons (Fsp3) is 0. The Morgan fingerprint density at radius 3 is 2.05 bits per heavy atom. The van der Waals surface area contributed by atoms with E-state index in [4.69, 9.17) is 5.73 Å². The Labute approximate surface area is 118 Å². The Balaban J connectivity index is 2.45. The van der Waals surface area contributed by atoms with Crippen LogP contribution in [0.25, 0.3) is 0 Å². The molecule has 2 aromatic carbocycles. The van der Waals surface area contributed by atoms with E-state index in [9.17, 15) is 20.2 Å². The van der Waals surface area contributed by atoms with Gasteiger partial charge in [-0.15, -0.1) is 5.11 Å². The van der Waals surface area contributed by atoms with Crippen molar-refractivity contribution in [2.24, 2.45) is 10.2 Å². The summed E-state index contributed by atoms with van der Waals surface area (Å²) in [6.07, 6.45) is 0. The highest BCUT2D eigenvalue weighted by Crippen LogP contribution is 2.36. The number of anilines is 1. The molecule has 0 bridgehead atoms. The zero-order valence-electron chi connectivity index (χ0n) is 10.5. The largest absolute Gasteiger partial charge is 0.397 e. The monoisotopic (exact) mass is 287 g/mol. The number of nitro benzene ring substituents is 2. The summed E-state index contributed by atoms with van der Waals surface area (Å²) in [6, 6.07) is 10.5. The van der Waals surface area contributed by atoms with Crippen LogP contribution >= 0.6 is 0 Å². The quantitative estimate of drug-likeness (QED) is 0.397. The third-order valence-corrected chi connectivity index (χ3v) is 2.55. The van der Waals surface area contributed by atoms with Crippen molar-refractivity contribution in [2.75, 3.05) is 5.73 Å². The van der Waals surface area contributed by atoms with E-state index in [1.165, 1.54) is 0 Å². The molecular formula is C12H9N5O4. The van der Waals surface area contributed by atoms with E-state index in [0.29, 0.717) is 5.69 Å². The molecule has 0 aliphatic rings. The number of benzene rings is 2. The summed E-state index contributed by atoms with van der Waals surface area (Å²) >= 11 is 0. The second kappa shape index (κ2) is 5.74. The van der Waals surface area contributed by atoms with E-state index in [2.05, 4.69) is 10.2 Å². The van der Waals surface area contributed by atoms with Gasteiger partial charge in [-0.3, -0.25) is 20.2 Å². The molecule has 0 heterocycles. The molecule has 2 aromatic rings. The molecule has 0 amide bonds. The maximum atomic E-state index is 10.9. The van der Waals surface area contributed by atoms with Crippen LogP contribution in [-0.2, 0) is 0 Å². The summed E-state index contributed by atoms with van der Waals surface area (Å²) in [5.41, 5.74) is 4.70. The normalized spacial score (nSPS) is 10.7. The zero-order valence-corrected chi connectivity index (χ0v) is 10.5. The number of nitro groups is 2.